The van der Waals surface area contributed by atoms with E-state index in [0.717, 1.165) is 5.56 Å². The van der Waals surface area contributed by atoms with Gasteiger partial charge in [-0.1, -0.05) is 30.3 Å². The fourth-order valence-corrected chi connectivity index (χ4v) is 1.38. The predicted octanol–water partition coefficient (Wildman–Crippen LogP) is 2.21. The fraction of sp³-hybridized carbons (Fsp3) is 0.462. The SMILES string of the molecule is CC(C)(C)NC(=O)OC(CN)c1ccccc1. The first-order valence-electron chi connectivity index (χ1n) is 5.66. The van der Waals surface area contributed by atoms with Crippen LogP contribution in [0, 0.1) is 0 Å². The number of amides is 1. The van der Waals surface area contributed by atoms with Crippen LogP contribution >= 0.6 is 0 Å². The Hall–Kier alpha value is -1.55. The lowest BCUT2D eigenvalue weighted by Crippen LogP contribution is -2.41. The molecule has 4 heteroatoms. The van der Waals surface area contributed by atoms with Crippen molar-refractivity contribution < 1.29 is 9.53 Å². The highest BCUT2D eigenvalue weighted by atomic mass is 16.6. The third kappa shape index (κ3) is 4.87. The van der Waals surface area contributed by atoms with Crippen LogP contribution in [-0.4, -0.2) is 18.2 Å². The molecule has 1 rings (SSSR count). The van der Waals surface area contributed by atoms with E-state index in [1.165, 1.54) is 0 Å². The summed E-state index contributed by atoms with van der Waals surface area (Å²) in [7, 11) is 0. The topological polar surface area (TPSA) is 64.3 Å². The molecular weight excluding hydrogens is 216 g/mol. The number of ether oxygens (including phenoxy) is 1. The van der Waals surface area contributed by atoms with Crippen molar-refractivity contribution in [2.24, 2.45) is 5.73 Å². The van der Waals surface area contributed by atoms with Crippen LogP contribution in [0.3, 0.4) is 0 Å². The van der Waals surface area contributed by atoms with Gasteiger partial charge in [-0.15, -0.1) is 0 Å². The van der Waals surface area contributed by atoms with Crippen molar-refractivity contribution in [3.63, 3.8) is 0 Å². The number of alkyl carbamates (subject to hydrolysis) is 1. The Balaban J connectivity index is 2.62. The van der Waals surface area contributed by atoms with E-state index in [0.29, 0.717) is 0 Å². The second kappa shape index (κ2) is 5.68. The summed E-state index contributed by atoms with van der Waals surface area (Å²) in [4.78, 5) is 11.6. The molecule has 1 aromatic carbocycles. The maximum atomic E-state index is 11.6. The molecule has 1 aromatic rings. The number of hydrogen-bond acceptors (Lipinski definition) is 3. The molecule has 0 spiro atoms. The summed E-state index contributed by atoms with van der Waals surface area (Å²) in [5.41, 5.74) is 6.20. The number of carbonyl (C=O) groups excluding carboxylic acids is 1. The highest BCUT2D eigenvalue weighted by Crippen LogP contribution is 2.16. The minimum absolute atomic E-state index is 0.265. The quantitative estimate of drug-likeness (QED) is 0.845. The molecule has 0 saturated heterocycles. The van der Waals surface area contributed by atoms with Crippen LogP contribution < -0.4 is 11.1 Å². The smallest absolute Gasteiger partial charge is 0.408 e. The van der Waals surface area contributed by atoms with Crippen molar-refractivity contribution in [2.75, 3.05) is 6.54 Å². The Kier molecular flexibility index (Phi) is 4.52. The van der Waals surface area contributed by atoms with Gasteiger partial charge in [-0.25, -0.2) is 4.79 Å². The lowest BCUT2D eigenvalue weighted by Gasteiger charge is -2.23. The van der Waals surface area contributed by atoms with Crippen molar-refractivity contribution >= 4 is 6.09 Å². The van der Waals surface area contributed by atoms with Gasteiger partial charge in [0.25, 0.3) is 0 Å². The average Bonchev–Trinajstić information content (AvgIpc) is 2.24. The van der Waals surface area contributed by atoms with Gasteiger partial charge in [-0.3, -0.25) is 0 Å². The Morgan fingerprint density at radius 2 is 1.94 bits per heavy atom. The maximum Gasteiger partial charge on any atom is 0.408 e. The van der Waals surface area contributed by atoms with Gasteiger partial charge in [0.1, 0.15) is 6.10 Å². The van der Waals surface area contributed by atoms with Crippen LogP contribution in [0.1, 0.15) is 32.4 Å². The first-order chi connectivity index (χ1) is 7.92. The molecule has 0 aromatic heterocycles. The summed E-state index contributed by atoms with van der Waals surface area (Å²) in [5.74, 6) is 0. The van der Waals surface area contributed by atoms with Crippen LogP contribution in [0.5, 0.6) is 0 Å². The number of hydrogen-bond donors (Lipinski definition) is 2. The molecule has 0 radical (unpaired) electrons. The summed E-state index contributed by atoms with van der Waals surface area (Å²) in [5, 5.41) is 2.74. The van der Waals surface area contributed by atoms with Gasteiger partial charge < -0.3 is 15.8 Å². The standard InChI is InChI=1S/C13H20N2O2/c1-13(2,3)15-12(16)17-11(9-14)10-7-5-4-6-8-10/h4-8,11H,9,14H2,1-3H3,(H,15,16). The monoisotopic (exact) mass is 236 g/mol. The molecule has 0 aliphatic heterocycles. The minimum Gasteiger partial charge on any atom is -0.440 e. The molecule has 0 aliphatic rings. The van der Waals surface area contributed by atoms with Crippen molar-refractivity contribution in [3.8, 4) is 0 Å². The fourth-order valence-electron chi connectivity index (χ4n) is 1.38. The Bertz CT molecular complexity index is 357. The number of benzene rings is 1. The summed E-state index contributed by atoms with van der Waals surface area (Å²) < 4.78 is 5.29. The van der Waals surface area contributed by atoms with Gasteiger partial charge >= 0.3 is 6.09 Å². The van der Waals surface area contributed by atoms with Crippen LogP contribution in [-0.2, 0) is 4.74 Å². The highest BCUT2D eigenvalue weighted by molar-refractivity contribution is 5.68. The molecule has 1 amide bonds. The van der Waals surface area contributed by atoms with Crippen molar-refractivity contribution in [1.82, 2.24) is 5.32 Å². The third-order valence-electron chi connectivity index (χ3n) is 2.11. The maximum absolute atomic E-state index is 11.6. The van der Waals surface area contributed by atoms with E-state index in [9.17, 15) is 4.79 Å². The van der Waals surface area contributed by atoms with Crippen molar-refractivity contribution in [2.45, 2.75) is 32.4 Å². The second-order valence-electron chi connectivity index (χ2n) is 4.92. The zero-order chi connectivity index (χ0) is 12.9. The summed E-state index contributed by atoms with van der Waals surface area (Å²) >= 11 is 0. The van der Waals surface area contributed by atoms with Gasteiger partial charge in [0.15, 0.2) is 0 Å². The largest absolute Gasteiger partial charge is 0.440 e. The zero-order valence-electron chi connectivity index (χ0n) is 10.6. The van der Waals surface area contributed by atoms with E-state index in [1.807, 2.05) is 51.1 Å². The van der Waals surface area contributed by atoms with E-state index < -0.39 is 12.2 Å². The van der Waals surface area contributed by atoms with E-state index in [1.54, 1.807) is 0 Å². The lowest BCUT2D eigenvalue weighted by molar-refractivity contribution is 0.0949. The minimum atomic E-state index is -0.447. The molecular formula is C13H20N2O2. The van der Waals surface area contributed by atoms with E-state index in [-0.39, 0.29) is 12.1 Å². The van der Waals surface area contributed by atoms with Gasteiger partial charge in [0.05, 0.1) is 0 Å². The predicted molar refractivity (Wildman–Crippen MR) is 67.6 cm³/mol. The molecule has 1 atom stereocenters. The third-order valence-corrected chi connectivity index (χ3v) is 2.11. The Morgan fingerprint density at radius 3 is 2.41 bits per heavy atom. The van der Waals surface area contributed by atoms with Crippen LogP contribution in [0.25, 0.3) is 0 Å². The summed E-state index contributed by atoms with van der Waals surface area (Å²) in [6.45, 7) is 5.96. The molecule has 0 saturated carbocycles. The van der Waals surface area contributed by atoms with Crippen LogP contribution in [0.2, 0.25) is 0 Å². The van der Waals surface area contributed by atoms with Gasteiger partial charge in [-0.2, -0.15) is 0 Å². The Morgan fingerprint density at radius 1 is 1.35 bits per heavy atom. The number of nitrogens with two attached hydrogens (primary N) is 1. The molecule has 17 heavy (non-hydrogen) atoms. The zero-order valence-corrected chi connectivity index (χ0v) is 10.6. The van der Waals surface area contributed by atoms with Gasteiger partial charge in [0.2, 0.25) is 0 Å². The summed E-state index contributed by atoms with van der Waals surface area (Å²) in [6, 6.07) is 9.47. The normalized spacial score (nSPS) is 12.9. The lowest BCUT2D eigenvalue weighted by atomic mass is 10.1. The molecule has 3 N–H and O–H groups in total. The number of carbonyl (C=O) groups is 1. The molecule has 4 nitrogen and oxygen atoms in total. The second-order valence-corrected chi connectivity index (χ2v) is 4.92. The van der Waals surface area contributed by atoms with E-state index in [2.05, 4.69) is 5.32 Å². The highest BCUT2D eigenvalue weighted by Gasteiger charge is 2.19. The number of nitrogens with one attached hydrogen (secondary N) is 1. The molecule has 1 unspecified atom stereocenters. The average molecular weight is 236 g/mol. The molecule has 0 heterocycles. The number of rotatable bonds is 3. The van der Waals surface area contributed by atoms with E-state index in [4.69, 9.17) is 10.5 Å². The molecule has 0 aliphatic carbocycles. The first kappa shape index (κ1) is 13.5. The van der Waals surface area contributed by atoms with Gasteiger partial charge in [0, 0.05) is 12.1 Å². The molecule has 0 fully saturated rings. The summed E-state index contributed by atoms with van der Waals surface area (Å²) in [6.07, 6.45) is -0.852. The molecule has 0 bridgehead atoms. The van der Waals surface area contributed by atoms with Crippen LogP contribution in [0.4, 0.5) is 4.79 Å². The van der Waals surface area contributed by atoms with Crippen LogP contribution in [0.15, 0.2) is 30.3 Å². The van der Waals surface area contributed by atoms with Crippen molar-refractivity contribution in [1.29, 1.82) is 0 Å². The van der Waals surface area contributed by atoms with E-state index >= 15 is 0 Å². The Labute approximate surface area is 102 Å². The molecule has 94 valence electrons. The van der Waals surface area contributed by atoms with Crippen molar-refractivity contribution in [3.05, 3.63) is 35.9 Å². The van der Waals surface area contributed by atoms with Gasteiger partial charge in [-0.05, 0) is 26.3 Å². The first-order valence-corrected chi connectivity index (χ1v) is 5.66.